The zero-order valence-corrected chi connectivity index (χ0v) is 9.60. The molecule has 88 valence electrons. The zero-order valence-electron chi connectivity index (χ0n) is 9.60. The van der Waals surface area contributed by atoms with Gasteiger partial charge in [0.05, 0.1) is 31.3 Å². The minimum Gasteiger partial charge on any atom is -0.481 e. The summed E-state index contributed by atoms with van der Waals surface area (Å²) in [7, 11) is 0. The Labute approximate surface area is 90.6 Å². The largest absolute Gasteiger partial charge is 0.481 e. The third kappa shape index (κ3) is 3.80. The predicted octanol–water partition coefficient (Wildman–Crippen LogP) is 1.54. The number of aliphatic carboxylic acids is 1. The van der Waals surface area contributed by atoms with Crippen molar-refractivity contribution in [1.82, 2.24) is 0 Å². The van der Waals surface area contributed by atoms with E-state index in [1.54, 1.807) is 0 Å². The summed E-state index contributed by atoms with van der Waals surface area (Å²) >= 11 is 0. The van der Waals surface area contributed by atoms with E-state index in [-0.39, 0.29) is 24.0 Å². The molecule has 1 heterocycles. The summed E-state index contributed by atoms with van der Waals surface area (Å²) in [5.41, 5.74) is 0. The maximum Gasteiger partial charge on any atom is 0.306 e. The van der Waals surface area contributed by atoms with Crippen LogP contribution in [0, 0.1) is 11.8 Å². The molecule has 4 nitrogen and oxygen atoms in total. The van der Waals surface area contributed by atoms with Crippen molar-refractivity contribution in [3.05, 3.63) is 0 Å². The molecule has 0 spiro atoms. The van der Waals surface area contributed by atoms with Gasteiger partial charge in [0.15, 0.2) is 0 Å². The normalized spacial score (nSPS) is 38.9. The Balaban J connectivity index is 2.66. The van der Waals surface area contributed by atoms with Crippen LogP contribution in [0.5, 0.6) is 0 Å². The van der Waals surface area contributed by atoms with Crippen molar-refractivity contribution in [3.63, 3.8) is 0 Å². The Morgan fingerprint density at radius 3 is 2.33 bits per heavy atom. The first-order valence-corrected chi connectivity index (χ1v) is 5.46. The molecule has 4 atom stereocenters. The van der Waals surface area contributed by atoms with E-state index in [0.717, 1.165) is 0 Å². The fraction of sp³-hybridized carbons (Fsp3) is 0.909. The summed E-state index contributed by atoms with van der Waals surface area (Å²) in [6, 6.07) is 0. The highest BCUT2D eigenvalue weighted by Gasteiger charge is 2.29. The summed E-state index contributed by atoms with van der Waals surface area (Å²) in [6.07, 6.45) is 0.590. The zero-order chi connectivity index (χ0) is 11.4. The molecule has 1 rings (SSSR count). The topological polar surface area (TPSA) is 55.8 Å². The lowest BCUT2D eigenvalue weighted by Crippen LogP contribution is -2.27. The lowest BCUT2D eigenvalue weighted by Gasteiger charge is -2.20. The van der Waals surface area contributed by atoms with Crippen molar-refractivity contribution < 1.29 is 19.4 Å². The molecule has 1 N–H and O–H groups in total. The molecule has 1 aliphatic rings. The van der Waals surface area contributed by atoms with Crippen molar-refractivity contribution in [1.29, 1.82) is 0 Å². The van der Waals surface area contributed by atoms with Crippen LogP contribution in [0.3, 0.4) is 0 Å². The lowest BCUT2D eigenvalue weighted by molar-refractivity contribution is -0.145. The highest BCUT2D eigenvalue weighted by molar-refractivity contribution is 5.70. The first kappa shape index (κ1) is 12.5. The maximum absolute atomic E-state index is 11.1. The summed E-state index contributed by atoms with van der Waals surface area (Å²) in [6.45, 7) is 6.82. The van der Waals surface area contributed by atoms with Crippen molar-refractivity contribution in [2.45, 2.75) is 39.4 Å². The Bertz CT molecular complexity index is 217. The van der Waals surface area contributed by atoms with Gasteiger partial charge in [0, 0.05) is 0 Å². The molecule has 1 fully saturated rings. The van der Waals surface area contributed by atoms with Gasteiger partial charge in [-0.3, -0.25) is 4.79 Å². The van der Waals surface area contributed by atoms with Crippen molar-refractivity contribution in [3.8, 4) is 0 Å². The quantitative estimate of drug-likeness (QED) is 0.722. The van der Waals surface area contributed by atoms with Crippen LogP contribution in [0.2, 0.25) is 0 Å². The summed E-state index contributed by atoms with van der Waals surface area (Å²) < 4.78 is 11.0. The van der Waals surface area contributed by atoms with Gasteiger partial charge in [-0.05, 0) is 26.2 Å². The molecular formula is C11H20O4. The van der Waals surface area contributed by atoms with E-state index in [2.05, 4.69) is 0 Å². The molecule has 1 aliphatic heterocycles. The molecule has 4 unspecified atom stereocenters. The molecule has 0 aromatic carbocycles. The standard InChI is InChI=1S/C11H20O4/c1-7-5-14-9(3)6-15-8(2)4-10(7)11(12)13/h7-10H,4-6H2,1-3H3,(H,12,13). The molecular weight excluding hydrogens is 196 g/mol. The van der Waals surface area contributed by atoms with E-state index in [1.807, 2.05) is 20.8 Å². The maximum atomic E-state index is 11.1. The van der Waals surface area contributed by atoms with Gasteiger partial charge in [-0.15, -0.1) is 0 Å². The number of ether oxygens (including phenoxy) is 2. The van der Waals surface area contributed by atoms with Crippen LogP contribution < -0.4 is 0 Å². The van der Waals surface area contributed by atoms with E-state index in [1.165, 1.54) is 0 Å². The highest BCUT2D eigenvalue weighted by atomic mass is 16.5. The monoisotopic (exact) mass is 216 g/mol. The average Bonchev–Trinajstić information content (AvgIpc) is 2.23. The van der Waals surface area contributed by atoms with Crippen LogP contribution in [-0.4, -0.2) is 36.5 Å². The molecule has 0 aromatic rings. The smallest absolute Gasteiger partial charge is 0.306 e. The van der Waals surface area contributed by atoms with E-state index in [0.29, 0.717) is 19.6 Å². The molecule has 0 radical (unpaired) electrons. The van der Waals surface area contributed by atoms with Gasteiger partial charge in [0.2, 0.25) is 0 Å². The van der Waals surface area contributed by atoms with Crippen LogP contribution in [0.1, 0.15) is 27.2 Å². The van der Waals surface area contributed by atoms with Gasteiger partial charge in [-0.2, -0.15) is 0 Å². The van der Waals surface area contributed by atoms with Crippen molar-refractivity contribution in [2.24, 2.45) is 11.8 Å². The van der Waals surface area contributed by atoms with Crippen molar-refractivity contribution in [2.75, 3.05) is 13.2 Å². The van der Waals surface area contributed by atoms with Crippen molar-refractivity contribution >= 4 is 5.97 Å². The Kier molecular flexibility index (Phi) is 4.54. The second-order valence-corrected chi connectivity index (χ2v) is 4.45. The highest BCUT2D eigenvalue weighted by Crippen LogP contribution is 2.22. The summed E-state index contributed by atoms with van der Waals surface area (Å²) in [5.74, 6) is -1.09. The van der Waals surface area contributed by atoms with Gasteiger partial charge < -0.3 is 14.6 Å². The number of carboxylic acid groups (broad SMARTS) is 1. The molecule has 1 saturated heterocycles. The molecule has 0 bridgehead atoms. The number of hydrogen-bond acceptors (Lipinski definition) is 3. The van der Waals surface area contributed by atoms with Crippen LogP contribution in [0.25, 0.3) is 0 Å². The fourth-order valence-electron chi connectivity index (χ4n) is 1.78. The second-order valence-electron chi connectivity index (χ2n) is 4.45. The minimum absolute atomic E-state index is 0.0160. The van der Waals surface area contributed by atoms with Gasteiger partial charge in [0.1, 0.15) is 0 Å². The van der Waals surface area contributed by atoms with E-state index >= 15 is 0 Å². The van der Waals surface area contributed by atoms with E-state index in [4.69, 9.17) is 14.6 Å². The molecule has 0 aliphatic carbocycles. The average molecular weight is 216 g/mol. The van der Waals surface area contributed by atoms with Crippen LogP contribution in [0.4, 0.5) is 0 Å². The molecule has 0 saturated carbocycles. The minimum atomic E-state index is -0.754. The van der Waals surface area contributed by atoms with E-state index in [9.17, 15) is 4.79 Å². The third-order valence-electron chi connectivity index (χ3n) is 2.85. The third-order valence-corrected chi connectivity index (χ3v) is 2.85. The number of carbonyl (C=O) groups is 1. The molecule has 0 aromatic heterocycles. The summed E-state index contributed by atoms with van der Waals surface area (Å²) in [5, 5.41) is 9.09. The Morgan fingerprint density at radius 1 is 1.13 bits per heavy atom. The van der Waals surface area contributed by atoms with Gasteiger partial charge in [-0.25, -0.2) is 0 Å². The van der Waals surface area contributed by atoms with Crippen LogP contribution in [0.15, 0.2) is 0 Å². The van der Waals surface area contributed by atoms with Crippen LogP contribution in [-0.2, 0) is 14.3 Å². The van der Waals surface area contributed by atoms with Gasteiger partial charge in [0.25, 0.3) is 0 Å². The fourth-order valence-corrected chi connectivity index (χ4v) is 1.78. The second kappa shape index (κ2) is 5.47. The predicted molar refractivity (Wildman–Crippen MR) is 55.7 cm³/mol. The number of carboxylic acids is 1. The first-order chi connectivity index (χ1) is 7.00. The van der Waals surface area contributed by atoms with Gasteiger partial charge >= 0.3 is 5.97 Å². The Hall–Kier alpha value is -0.610. The number of hydrogen-bond donors (Lipinski definition) is 1. The Morgan fingerprint density at radius 2 is 1.73 bits per heavy atom. The number of rotatable bonds is 1. The first-order valence-electron chi connectivity index (χ1n) is 5.46. The molecule has 0 amide bonds. The lowest BCUT2D eigenvalue weighted by atomic mass is 9.90. The van der Waals surface area contributed by atoms with Gasteiger partial charge in [-0.1, -0.05) is 6.92 Å². The van der Waals surface area contributed by atoms with E-state index < -0.39 is 5.97 Å². The molecule has 15 heavy (non-hydrogen) atoms. The van der Waals surface area contributed by atoms with Crippen LogP contribution >= 0.6 is 0 Å². The SMILES string of the molecule is CC1COC(C)CC(C(=O)O)C(C)CO1. The summed E-state index contributed by atoms with van der Waals surface area (Å²) in [4.78, 5) is 11.1. The molecule has 4 heteroatoms.